The number of anilines is 1. The molecule has 1 saturated heterocycles. The fraction of sp³-hybridized carbons (Fsp3) is 0.350. The predicted molar refractivity (Wildman–Crippen MR) is 108 cm³/mol. The molecule has 1 amide bonds. The number of rotatable bonds is 7. The number of nitro groups is 1. The van der Waals surface area contributed by atoms with Crippen LogP contribution < -0.4 is 9.64 Å². The van der Waals surface area contributed by atoms with Crippen LogP contribution in [0.4, 0.5) is 11.4 Å². The molecular formula is C20H22ClN3O4. The molecule has 2 aromatic carbocycles. The molecule has 8 heteroatoms. The summed E-state index contributed by atoms with van der Waals surface area (Å²) >= 11 is 5.83. The Morgan fingerprint density at radius 1 is 1.21 bits per heavy atom. The molecule has 1 aliphatic rings. The summed E-state index contributed by atoms with van der Waals surface area (Å²) in [6.07, 6.45) is 2.04. The number of halogens is 1. The van der Waals surface area contributed by atoms with Gasteiger partial charge in [0, 0.05) is 36.8 Å². The summed E-state index contributed by atoms with van der Waals surface area (Å²) in [6, 6.07) is 11.7. The van der Waals surface area contributed by atoms with E-state index in [0.29, 0.717) is 35.2 Å². The molecule has 148 valence electrons. The van der Waals surface area contributed by atoms with E-state index in [2.05, 4.69) is 0 Å². The maximum absolute atomic E-state index is 12.7. The van der Waals surface area contributed by atoms with E-state index in [-0.39, 0.29) is 11.6 Å². The second-order valence-electron chi connectivity index (χ2n) is 6.68. The van der Waals surface area contributed by atoms with Crippen LogP contribution >= 0.6 is 11.6 Å². The van der Waals surface area contributed by atoms with Gasteiger partial charge in [-0.3, -0.25) is 14.9 Å². The largest absolute Gasteiger partial charge is 0.492 e. The molecular weight excluding hydrogens is 382 g/mol. The molecule has 0 aromatic heterocycles. The highest BCUT2D eigenvalue weighted by molar-refractivity contribution is 6.30. The van der Waals surface area contributed by atoms with E-state index in [0.717, 1.165) is 25.9 Å². The number of nitro benzene ring substituents is 1. The van der Waals surface area contributed by atoms with Crippen molar-refractivity contribution in [3.8, 4) is 5.75 Å². The molecule has 0 bridgehead atoms. The highest BCUT2D eigenvalue weighted by Gasteiger charge is 2.24. The standard InChI is InChI=1S/C20H22ClN3O4/c1-22(12-13-28-17-7-5-16(21)6-8-17)20(25)15-4-9-18(19(14-15)24(26)27)23-10-2-3-11-23/h4-9,14H,2-3,10-13H2,1H3. The first-order chi connectivity index (χ1) is 13.5. The third-order valence-electron chi connectivity index (χ3n) is 4.72. The van der Waals surface area contributed by atoms with E-state index >= 15 is 0 Å². The van der Waals surface area contributed by atoms with Gasteiger partial charge in [-0.05, 0) is 49.2 Å². The first kappa shape index (κ1) is 19.9. The number of likely N-dealkylation sites (N-methyl/N-ethyl adjacent to an activating group) is 1. The molecule has 1 fully saturated rings. The molecule has 0 saturated carbocycles. The Morgan fingerprint density at radius 2 is 1.89 bits per heavy atom. The van der Waals surface area contributed by atoms with Crippen LogP contribution in [0.1, 0.15) is 23.2 Å². The van der Waals surface area contributed by atoms with Gasteiger partial charge in [0.2, 0.25) is 0 Å². The molecule has 1 heterocycles. The summed E-state index contributed by atoms with van der Waals surface area (Å²) in [5, 5.41) is 12.1. The highest BCUT2D eigenvalue weighted by Crippen LogP contribution is 2.32. The molecule has 3 rings (SSSR count). The number of hydrogen-bond donors (Lipinski definition) is 0. The molecule has 0 atom stereocenters. The van der Waals surface area contributed by atoms with Crippen LogP contribution in [0, 0.1) is 10.1 Å². The zero-order chi connectivity index (χ0) is 20.1. The van der Waals surface area contributed by atoms with Crippen molar-refractivity contribution in [1.29, 1.82) is 0 Å². The lowest BCUT2D eigenvalue weighted by molar-refractivity contribution is -0.384. The van der Waals surface area contributed by atoms with Crippen LogP contribution in [0.15, 0.2) is 42.5 Å². The monoisotopic (exact) mass is 403 g/mol. The van der Waals surface area contributed by atoms with Crippen molar-refractivity contribution in [1.82, 2.24) is 4.90 Å². The maximum Gasteiger partial charge on any atom is 0.293 e. The number of carbonyl (C=O) groups is 1. The average Bonchev–Trinajstić information content (AvgIpc) is 3.23. The van der Waals surface area contributed by atoms with Crippen LogP contribution in [0.3, 0.4) is 0 Å². The van der Waals surface area contributed by atoms with E-state index < -0.39 is 4.92 Å². The zero-order valence-corrected chi connectivity index (χ0v) is 16.4. The van der Waals surface area contributed by atoms with Gasteiger partial charge in [0.15, 0.2) is 0 Å². The fourth-order valence-electron chi connectivity index (χ4n) is 3.18. The van der Waals surface area contributed by atoms with Crippen molar-refractivity contribution in [2.24, 2.45) is 0 Å². The lowest BCUT2D eigenvalue weighted by Gasteiger charge is -2.20. The van der Waals surface area contributed by atoms with Crippen molar-refractivity contribution >= 4 is 28.9 Å². The molecule has 2 aromatic rings. The number of amides is 1. The first-order valence-corrected chi connectivity index (χ1v) is 9.51. The van der Waals surface area contributed by atoms with Gasteiger partial charge in [-0.1, -0.05) is 11.6 Å². The molecule has 0 unspecified atom stereocenters. The van der Waals surface area contributed by atoms with Gasteiger partial charge >= 0.3 is 0 Å². The number of ether oxygens (including phenoxy) is 1. The van der Waals surface area contributed by atoms with Gasteiger partial charge in [-0.15, -0.1) is 0 Å². The highest BCUT2D eigenvalue weighted by atomic mass is 35.5. The van der Waals surface area contributed by atoms with Gasteiger partial charge < -0.3 is 14.5 Å². The van der Waals surface area contributed by atoms with Crippen LogP contribution in [-0.2, 0) is 0 Å². The minimum absolute atomic E-state index is 0.0291. The Morgan fingerprint density at radius 3 is 2.54 bits per heavy atom. The van der Waals surface area contributed by atoms with E-state index in [4.69, 9.17) is 16.3 Å². The third kappa shape index (κ3) is 4.72. The van der Waals surface area contributed by atoms with Crippen molar-refractivity contribution in [2.45, 2.75) is 12.8 Å². The van der Waals surface area contributed by atoms with Crippen LogP contribution in [0.2, 0.25) is 5.02 Å². The maximum atomic E-state index is 12.7. The third-order valence-corrected chi connectivity index (χ3v) is 4.97. The first-order valence-electron chi connectivity index (χ1n) is 9.13. The fourth-order valence-corrected chi connectivity index (χ4v) is 3.31. The topological polar surface area (TPSA) is 75.9 Å². The number of nitrogens with zero attached hydrogens (tertiary/aromatic N) is 3. The molecule has 28 heavy (non-hydrogen) atoms. The second-order valence-corrected chi connectivity index (χ2v) is 7.12. The quantitative estimate of drug-likeness (QED) is 0.516. The number of hydrogen-bond acceptors (Lipinski definition) is 5. The van der Waals surface area contributed by atoms with E-state index in [1.54, 1.807) is 43.4 Å². The van der Waals surface area contributed by atoms with Gasteiger partial charge in [-0.25, -0.2) is 0 Å². The molecule has 0 N–H and O–H groups in total. The normalized spacial score (nSPS) is 13.4. The zero-order valence-electron chi connectivity index (χ0n) is 15.6. The van der Waals surface area contributed by atoms with Gasteiger partial charge in [-0.2, -0.15) is 0 Å². The molecule has 7 nitrogen and oxygen atoms in total. The van der Waals surface area contributed by atoms with Gasteiger partial charge in [0.05, 0.1) is 11.5 Å². The molecule has 0 spiro atoms. The summed E-state index contributed by atoms with van der Waals surface area (Å²) < 4.78 is 5.60. The molecule has 1 aliphatic heterocycles. The van der Waals surface area contributed by atoms with E-state index in [1.165, 1.54) is 11.0 Å². The van der Waals surface area contributed by atoms with E-state index in [1.807, 2.05) is 4.90 Å². The van der Waals surface area contributed by atoms with Crippen LogP contribution in [-0.4, -0.2) is 49.0 Å². The van der Waals surface area contributed by atoms with Crippen molar-refractivity contribution in [3.63, 3.8) is 0 Å². The Hall–Kier alpha value is -2.80. The number of carbonyl (C=O) groups excluding carboxylic acids is 1. The minimum Gasteiger partial charge on any atom is -0.492 e. The minimum atomic E-state index is -0.423. The van der Waals surface area contributed by atoms with Gasteiger partial charge in [0.25, 0.3) is 11.6 Å². The Bertz CT molecular complexity index is 851. The van der Waals surface area contributed by atoms with Crippen LogP contribution in [0.25, 0.3) is 0 Å². The summed E-state index contributed by atoms with van der Waals surface area (Å²) in [5.74, 6) is 0.381. The summed E-state index contributed by atoms with van der Waals surface area (Å²) in [6.45, 7) is 2.26. The van der Waals surface area contributed by atoms with Crippen molar-refractivity contribution in [2.75, 3.05) is 38.2 Å². The second kappa shape index (κ2) is 8.93. The smallest absolute Gasteiger partial charge is 0.293 e. The van der Waals surface area contributed by atoms with E-state index in [9.17, 15) is 14.9 Å². The Labute approximate surface area is 168 Å². The molecule has 0 aliphatic carbocycles. The van der Waals surface area contributed by atoms with Crippen molar-refractivity contribution < 1.29 is 14.5 Å². The average molecular weight is 404 g/mol. The summed E-state index contributed by atoms with van der Waals surface area (Å²) in [5.41, 5.74) is 0.843. The Balaban J connectivity index is 1.64. The molecule has 0 radical (unpaired) electrons. The summed E-state index contributed by atoms with van der Waals surface area (Å²) in [4.78, 5) is 27.2. The lowest BCUT2D eigenvalue weighted by Crippen LogP contribution is -2.31. The summed E-state index contributed by atoms with van der Waals surface area (Å²) in [7, 11) is 1.65. The predicted octanol–water partition coefficient (Wildman–Crippen LogP) is 4.00. The SMILES string of the molecule is CN(CCOc1ccc(Cl)cc1)C(=O)c1ccc(N2CCCC2)c([N+](=O)[O-])c1. The van der Waals surface area contributed by atoms with Crippen LogP contribution in [0.5, 0.6) is 5.75 Å². The lowest BCUT2D eigenvalue weighted by atomic mass is 10.1. The van der Waals surface area contributed by atoms with Gasteiger partial charge in [0.1, 0.15) is 18.0 Å². The number of benzene rings is 2. The van der Waals surface area contributed by atoms with Crippen molar-refractivity contribution in [3.05, 3.63) is 63.2 Å². The Kier molecular flexibility index (Phi) is 6.36.